The molecular formula is C16H17FN2O2S. The first-order valence-corrected chi connectivity index (χ1v) is 7.87. The molecule has 22 heavy (non-hydrogen) atoms. The number of nitro benzene ring substituents is 1. The number of benzene rings is 2. The van der Waals surface area contributed by atoms with Crippen molar-refractivity contribution in [3.63, 3.8) is 0 Å². The molecule has 0 aliphatic heterocycles. The summed E-state index contributed by atoms with van der Waals surface area (Å²) in [4.78, 5) is 11.4. The van der Waals surface area contributed by atoms with Crippen LogP contribution in [0.4, 0.5) is 10.1 Å². The fraction of sp³-hybridized carbons (Fsp3) is 0.250. The van der Waals surface area contributed by atoms with Gasteiger partial charge in [-0.15, -0.1) is 11.8 Å². The van der Waals surface area contributed by atoms with Crippen molar-refractivity contribution in [3.8, 4) is 0 Å². The number of nitrogens with zero attached hydrogens (tertiary/aromatic N) is 1. The average molecular weight is 320 g/mol. The minimum atomic E-state index is -0.520. The summed E-state index contributed by atoms with van der Waals surface area (Å²) in [6, 6.07) is 12.7. The van der Waals surface area contributed by atoms with E-state index >= 15 is 0 Å². The van der Waals surface area contributed by atoms with E-state index in [1.54, 1.807) is 12.1 Å². The van der Waals surface area contributed by atoms with Gasteiger partial charge in [-0.1, -0.05) is 30.3 Å². The average Bonchev–Trinajstić information content (AvgIpc) is 2.54. The van der Waals surface area contributed by atoms with Crippen LogP contribution in [0.15, 0.2) is 47.4 Å². The Morgan fingerprint density at radius 1 is 1.18 bits per heavy atom. The Kier molecular flexibility index (Phi) is 5.91. The summed E-state index contributed by atoms with van der Waals surface area (Å²) < 4.78 is 12.4. The van der Waals surface area contributed by atoms with Crippen LogP contribution in [-0.2, 0) is 18.7 Å². The highest BCUT2D eigenvalue weighted by Crippen LogP contribution is 2.33. The quantitative estimate of drug-likeness (QED) is 0.478. The second-order valence-corrected chi connectivity index (χ2v) is 5.78. The van der Waals surface area contributed by atoms with Gasteiger partial charge in [-0.25, -0.2) is 0 Å². The summed E-state index contributed by atoms with van der Waals surface area (Å²) in [7, 11) is 0. The number of nitrogens with two attached hydrogens (primary N) is 1. The maximum absolute atomic E-state index is 12.4. The Morgan fingerprint density at radius 3 is 2.55 bits per heavy atom. The van der Waals surface area contributed by atoms with Gasteiger partial charge in [0.2, 0.25) is 0 Å². The van der Waals surface area contributed by atoms with Crippen LogP contribution in [0.2, 0.25) is 0 Å². The maximum Gasteiger partial charge on any atom is 0.283 e. The fourth-order valence-electron chi connectivity index (χ4n) is 2.15. The fourth-order valence-corrected chi connectivity index (χ4v) is 3.18. The van der Waals surface area contributed by atoms with E-state index in [0.717, 1.165) is 11.1 Å². The smallest absolute Gasteiger partial charge is 0.283 e. The second kappa shape index (κ2) is 7.91. The first-order chi connectivity index (χ1) is 10.7. The minimum absolute atomic E-state index is 0.0289. The zero-order valence-corrected chi connectivity index (χ0v) is 12.8. The van der Waals surface area contributed by atoms with E-state index < -0.39 is 11.6 Å². The van der Waals surface area contributed by atoms with Crippen molar-refractivity contribution < 1.29 is 9.31 Å². The summed E-state index contributed by atoms with van der Waals surface area (Å²) in [5.74, 6) is 0.608. The van der Waals surface area contributed by atoms with E-state index in [1.165, 1.54) is 17.8 Å². The van der Waals surface area contributed by atoms with Gasteiger partial charge >= 0.3 is 0 Å². The van der Waals surface area contributed by atoms with Crippen LogP contribution < -0.4 is 5.73 Å². The molecule has 0 radical (unpaired) electrons. The SMILES string of the molecule is NCc1ccccc1CSc1ccc(CCF)cc1[N+](=O)[O-]. The van der Waals surface area contributed by atoms with E-state index in [4.69, 9.17) is 5.73 Å². The molecule has 0 bridgehead atoms. The van der Waals surface area contributed by atoms with Crippen molar-refractivity contribution in [2.45, 2.75) is 23.6 Å². The Hall–Kier alpha value is -1.92. The third-order valence-electron chi connectivity index (χ3n) is 3.32. The molecule has 0 atom stereocenters. The van der Waals surface area contributed by atoms with E-state index in [-0.39, 0.29) is 12.1 Å². The van der Waals surface area contributed by atoms with Gasteiger partial charge in [0.15, 0.2) is 0 Å². The van der Waals surface area contributed by atoms with Crippen molar-refractivity contribution in [1.29, 1.82) is 0 Å². The van der Waals surface area contributed by atoms with Crippen LogP contribution >= 0.6 is 11.8 Å². The summed E-state index contributed by atoms with van der Waals surface area (Å²) in [5, 5.41) is 11.2. The van der Waals surface area contributed by atoms with Crippen molar-refractivity contribution in [2.75, 3.05) is 6.67 Å². The van der Waals surface area contributed by atoms with Crippen molar-refractivity contribution in [2.24, 2.45) is 5.73 Å². The van der Waals surface area contributed by atoms with E-state index in [0.29, 0.717) is 22.8 Å². The minimum Gasteiger partial charge on any atom is -0.326 e. The van der Waals surface area contributed by atoms with Crippen molar-refractivity contribution >= 4 is 17.4 Å². The van der Waals surface area contributed by atoms with Gasteiger partial charge in [-0.2, -0.15) is 0 Å². The summed E-state index contributed by atoms with van der Waals surface area (Å²) in [5.41, 5.74) is 8.47. The van der Waals surface area contributed by atoms with Gasteiger partial charge in [0.1, 0.15) is 0 Å². The van der Waals surface area contributed by atoms with Gasteiger partial charge in [-0.3, -0.25) is 14.5 Å². The lowest BCUT2D eigenvalue weighted by Crippen LogP contribution is -2.00. The number of thioether (sulfide) groups is 1. The lowest BCUT2D eigenvalue weighted by molar-refractivity contribution is -0.387. The first kappa shape index (κ1) is 16.5. The normalized spacial score (nSPS) is 10.6. The first-order valence-electron chi connectivity index (χ1n) is 6.88. The highest BCUT2D eigenvalue weighted by Gasteiger charge is 2.15. The predicted molar refractivity (Wildman–Crippen MR) is 86.7 cm³/mol. The largest absolute Gasteiger partial charge is 0.326 e. The Morgan fingerprint density at radius 2 is 1.91 bits per heavy atom. The van der Waals surface area contributed by atoms with Gasteiger partial charge < -0.3 is 5.73 Å². The summed E-state index contributed by atoms with van der Waals surface area (Å²) in [6.45, 7) is -0.0816. The van der Waals surface area contributed by atoms with Gasteiger partial charge in [0.25, 0.3) is 5.69 Å². The monoisotopic (exact) mass is 320 g/mol. The Bertz CT molecular complexity index is 664. The highest BCUT2D eigenvalue weighted by molar-refractivity contribution is 7.98. The Balaban J connectivity index is 2.20. The maximum atomic E-state index is 12.4. The molecule has 0 saturated carbocycles. The molecule has 0 aliphatic carbocycles. The standard InChI is InChI=1S/C16H17FN2O2S/c17-8-7-12-5-6-16(15(9-12)19(20)21)22-11-14-4-2-1-3-13(14)10-18/h1-6,9H,7-8,10-11,18H2. The van der Waals surface area contributed by atoms with Gasteiger partial charge in [0, 0.05) is 24.8 Å². The van der Waals surface area contributed by atoms with Crippen LogP contribution in [0.25, 0.3) is 0 Å². The molecule has 0 spiro atoms. The van der Waals surface area contributed by atoms with Crippen molar-refractivity contribution in [3.05, 3.63) is 69.3 Å². The van der Waals surface area contributed by atoms with Crippen LogP contribution in [0.5, 0.6) is 0 Å². The highest BCUT2D eigenvalue weighted by atomic mass is 32.2. The molecule has 0 unspecified atom stereocenters. The molecule has 0 amide bonds. The van der Waals surface area contributed by atoms with E-state index in [2.05, 4.69) is 0 Å². The van der Waals surface area contributed by atoms with E-state index in [1.807, 2.05) is 24.3 Å². The van der Waals surface area contributed by atoms with Crippen LogP contribution in [0.1, 0.15) is 16.7 Å². The molecule has 4 nitrogen and oxygen atoms in total. The summed E-state index contributed by atoms with van der Waals surface area (Å²) in [6.07, 6.45) is 0.196. The number of aryl methyl sites for hydroxylation is 1. The van der Waals surface area contributed by atoms with Crippen LogP contribution in [0, 0.1) is 10.1 Å². The lowest BCUT2D eigenvalue weighted by atomic mass is 10.1. The Labute approximate surface area is 132 Å². The summed E-state index contributed by atoms with van der Waals surface area (Å²) >= 11 is 1.39. The molecule has 0 aromatic heterocycles. The second-order valence-electron chi connectivity index (χ2n) is 4.76. The number of rotatable bonds is 7. The van der Waals surface area contributed by atoms with Crippen LogP contribution in [0.3, 0.4) is 0 Å². The molecule has 2 aromatic carbocycles. The lowest BCUT2D eigenvalue weighted by Gasteiger charge is -2.08. The molecule has 2 N–H and O–H groups in total. The number of halogens is 1. The predicted octanol–water partition coefficient (Wildman–Crippen LogP) is 3.86. The number of hydrogen-bond acceptors (Lipinski definition) is 4. The number of nitro groups is 1. The zero-order chi connectivity index (χ0) is 15.9. The van der Waals surface area contributed by atoms with Gasteiger partial charge in [-0.05, 0) is 22.8 Å². The van der Waals surface area contributed by atoms with Crippen molar-refractivity contribution in [1.82, 2.24) is 0 Å². The molecular weight excluding hydrogens is 303 g/mol. The molecule has 6 heteroatoms. The molecule has 2 rings (SSSR count). The molecule has 0 aliphatic rings. The topological polar surface area (TPSA) is 69.2 Å². The van der Waals surface area contributed by atoms with E-state index in [9.17, 15) is 14.5 Å². The zero-order valence-electron chi connectivity index (χ0n) is 12.0. The number of alkyl halides is 1. The molecule has 0 heterocycles. The molecule has 2 aromatic rings. The third-order valence-corrected chi connectivity index (χ3v) is 4.44. The van der Waals surface area contributed by atoms with Crippen LogP contribution in [-0.4, -0.2) is 11.6 Å². The molecule has 116 valence electrons. The third kappa shape index (κ3) is 4.05. The molecule has 0 fully saturated rings. The molecule has 0 saturated heterocycles. The van der Waals surface area contributed by atoms with Gasteiger partial charge in [0.05, 0.1) is 16.5 Å². The number of hydrogen-bond donors (Lipinski definition) is 1.